The molecule has 17 nitrogen and oxygen atoms in total. The van der Waals surface area contributed by atoms with E-state index < -0.39 is 97.5 Å². The topological polar surface area (TPSA) is 237 Å². The molecule has 3 N–H and O–H groups in total. The highest BCUT2D eigenvalue weighted by Crippen LogP contribution is 2.45. The van der Waals surface area contributed by atoms with Crippen LogP contribution in [-0.4, -0.2) is 96.7 Å². The molecule has 5 atom stereocenters. The summed E-state index contributed by atoms with van der Waals surface area (Å²) in [5.41, 5.74) is 0. The van der Waals surface area contributed by atoms with Crippen molar-refractivity contribution in [3.63, 3.8) is 0 Å². The lowest BCUT2D eigenvalue weighted by Crippen LogP contribution is -2.30. The molecule has 0 bridgehead atoms. The lowest BCUT2D eigenvalue weighted by Gasteiger charge is -2.21. The molecule has 0 rings (SSSR count). The van der Waals surface area contributed by atoms with Crippen LogP contribution in [0.4, 0.5) is 0 Å². The van der Waals surface area contributed by atoms with Crippen LogP contribution in [0, 0.1) is 17.8 Å². The van der Waals surface area contributed by atoms with E-state index in [1.807, 2.05) is 0 Å². The SMILES string of the molecule is CCCCCCCCCCCCCCCCCCCCCCCC(=O)O[C@H](COC(=O)CCCCCCCCCCCCCCC(C)C)COP(=O)(O)OC[C@@H](O)COP(=O)(O)OC[C@@H](COC(=O)CCCCCCCCCC(C)C)OC(=O)CCCCCCCCCCC(C)C. The Morgan fingerprint density at radius 2 is 0.474 bits per heavy atom. The van der Waals surface area contributed by atoms with Crippen LogP contribution in [0.15, 0.2) is 0 Å². The number of unbranched alkanes of at least 4 members (excludes halogenated alkanes) is 44. The van der Waals surface area contributed by atoms with E-state index >= 15 is 0 Å². The minimum atomic E-state index is -4.96. The third-order valence-corrected chi connectivity index (χ3v) is 20.0. The summed E-state index contributed by atoms with van der Waals surface area (Å²) < 4.78 is 68.5. The number of hydrogen-bond donors (Lipinski definition) is 3. The predicted molar refractivity (Wildman–Crippen MR) is 395 cm³/mol. The average molecular weight is 1420 g/mol. The average Bonchev–Trinajstić information content (AvgIpc) is 1.13. The molecule has 0 heterocycles. The summed E-state index contributed by atoms with van der Waals surface area (Å²) in [6.45, 7) is 11.8. The van der Waals surface area contributed by atoms with Crippen molar-refractivity contribution in [2.24, 2.45) is 17.8 Å². The Bertz CT molecular complexity index is 1890. The molecule has 0 aromatic heterocycles. The van der Waals surface area contributed by atoms with Crippen LogP contribution in [0.5, 0.6) is 0 Å². The third kappa shape index (κ3) is 72.2. The zero-order valence-corrected chi connectivity index (χ0v) is 65.3. The van der Waals surface area contributed by atoms with Gasteiger partial charge in [0.2, 0.25) is 0 Å². The second-order valence-corrected chi connectivity index (χ2v) is 32.4. The van der Waals surface area contributed by atoms with Gasteiger partial charge in [-0.05, 0) is 43.4 Å². The lowest BCUT2D eigenvalue weighted by atomic mass is 10.0. The Labute approximate surface area is 594 Å². The van der Waals surface area contributed by atoms with Crippen LogP contribution in [-0.2, 0) is 65.4 Å². The van der Waals surface area contributed by atoms with Crippen LogP contribution in [0.2, 0.25) is 0 Å². The Hall–Kier alpha value is -1.94. The fraction of sp³-hybridized carbons (Fsp3) is 0.949. The number of ether oxygens (including phenoxy) is 4. The minimum absolute atomic E-state index is 0.104. The standard InChI is InChI=1S/C78H152O17P2/c1-8-9-10-11-12-13-14-15-16-17-18-19-20-21-22-23-28-31-39-47-54-61-77(82)94-73(65-88-75(80)59-52-45-38-30-27-25-24-26-29-35-42-49-56-69(2)3)67-92-96(84,85)90-63-72(79)64-91-97(86,87)93-68-74(66-89-76(81)60-53-46-41-34-37-44-51-58-71(6)7)95-78(83)62-55-48-40-33-32-36-43-50-57-70(4)5/h69-74,79H,8-68H2,1-7H3,(H,84,85)(H,86,87)/t72-,73-,74-/m1/s1. The number of aliphatic hydroxyl groups excluding tert-OH is 1. The van der Waals surface area contributed by atoms with E-state index in [1.54, 1.807) is 0 Å². The summed E-state index contributed by atoms with van der Waals surface area (Å²) in [6.07, 6.45) is 55.8. The molecule has 0 saturated heterocycles. The van der Waals surface area contributed by atoms with E-state index in [0.717, 1.165) is 108 Å². The fourth-order valence-corrected chi connectivity index (χ4v) is 13.5. The molecule has 0 fully saturated rings. The van der Waals surface area contributed by atoms with Gasteiger partial charge in [-0.15, -0.1) is 0 Å². The number of aliphatic hydroxyl groups is 1. The number of hydrogen-bond acceptors (Lipinski definition) is 15. The summed E-state index contributed by atoms with van der Waals surface area (Å²) >= 11 is 0. The quantitative estimate of drug-likeness (QED) is 0.0222. The highest BCUT2D eigenvalue weighted by molar-refractivity contribution is 7.47. The maximum absolute atomic E-state index is 13.1. The van der Waals surface area contributed by atoms with Crippen molar-refractivity contribution in [3.8, 4) is 0 Å². The molecule has 97 heavy (non-hydrogen) atoms. The zero-order chi connectivity index (χ0) is 71.6. The molecule has 576 valence electrons. The summed E-state index contributed by atoms with van der Waals surface area (Å²) in [6, 6.07) is 0. The van der Waals surface area contributed by atoms with E-state index in [1.165, 1.54) is 205 Å². The summed E-state index contributed by atoms with van der Waals surface area (Å²) in [5, 5.41) is 10.6. The van der Waals surface area contributed by atoms with Gasteiger partial charge < -0.3 is 33.8 Å². The number of carbonyl (C=O) groups is 4. The van der Waals surface area contributed by atoms with Crippen molar-refractivity contribution in [2.75, 3.05) is 39.6 Å². The van der Waals surface area contributed by atoms with Gasteiger partial charge >= 0.3 is 39.5 Å². The first-order valence-corrected chi connectivity index (χ1v) is 43.3. The largest absolute Gasteiger partial charge is 0.472 e. The normalized spacial score (nSPS) is 14.0. The van der Waals surface area contributed by atoms with E-state index in [4.69, 9.17) is 37.0 Å². The fourth-order valence-electron chi connectivity index (χ4n) is 12.0. The summed E-state index contributed by atoms with van der Waals surface area (Å²) in [5.74, 6) is 0.0857. The van der Waals surface area contributed by atoms with Crippen LogP contribution in [0.3, 0.4) is 0 Å². The van der Waals surface area contributed by atoms with E-state index in [0.29, 0.717) is 31.6 Å². The van der Waals surface area contributed by atoms with Gasteiger partial charge in [0.1, 0.15) is 19.3 Å². The van der Waals surface area contributed by atoms with Gasteiger partial charge in [0, 0.05) is 25.7 Å². The van der Waals surface area contributed by atoms with Crippen molar-refractivity contribution in [1.82, 2.24) is 0 Å². The molecule has 19 heteroatoms. The number of rotatable bonds is 76. The maximum Gasteiger partial charge on any atom is 0.472 e. The molecule has 0 amide bonds. The molecule has 0 aromatic rings. The van der Waals surface area contributed by atoms with Crippen molar-refractivity contribution in [3.05, 3.63) is 0 Å². The predicted octanol–water partition coefficient (Wildman–Crippen LogP) is 23.0. The van der Waals surface area contributed by atoms with E-state index in [-0.39, 0.29) is 25.7 Å². The van der Waals surface area contributed by atoms with Gasteiger partial charge in [-0.25, -0.2) is 9.13 Å². The molecule has 0 radical (unpaired) electrons. The lowest BCUT2D eigenvalue weighted by molar-refractivity contribution is -0.161. The van der Waals surface area contributed by atoms with Crippen molar-refractivity contribution in [2.45, 2.75) is 420 Å². The maximum atomic E-state index is 13.1. The summed E-state index contributed by atoms with van der Waals surface area (Å²) in [7, 11) is -9.91. The van der Waals surface area contributed by atoms with Crippen LogP contribution < -0.4 is 0 Å². The zero-order valence-electron chi connectivity index (χ0n) is 63.5. The van der Waals surface area contributed by atoms with E-state index in [9.17, 15) is 43.2 Å². The molecule has 0 aliphatic heterocycles. The molecule has 0 saturated carbocycles. The number of phosphoric ester groups is 2. The molecular weight excluding hydrogens is 1270 g/mol. The monoisotopic (exact) mass is 1420 g/mol. The van der Waals surface area contributed by atoms with Crippen molar-refractivity contribution in [1.29, 1.82) is 0 Å². The Balaban J connectivity index is 5.21. The second kappa shape index (κ2) is 68.5. The highest BCUT2D eigenvalue weighted by atomic mass is 31.2. The van der Waals surface area contributed by atoms with Gasteiger partial charge in [-0.2, -0.15) is 0 Å². The number of phosphoric acid groups is 2. The van der Waals surface area contributed by atoms with Crippen LogP contribution >= 0.6 is 15.6 Å². The molecule has 0 aliphatic rings. The van der Waals surface area contributed by atoms with Gasteiger partial charge in [0.25, 0.3) is 0 Å². The smallest absolute Gasteiger partial charge is 0.462 e. The van der Waals surface area contributed by atoms with Gasteiger partial charge in [-0.3, -0.25) is 37.3 Å². The van der Waals surface area contributed by atoms with E-state index in [2.05, 4.69) is 48.5 Å². The first kappa shape index (κ1) is 95.1. The van der Waals surface area contributed by atoms with Gasteiger partial charge in [0.05, 0.1) is 26.4 Å². The third-order valence-electron chi connectivity index (χ3n) is 18.1. The Kier molecular flexibility index (Phi) is 67.1. The Morgan fingerprint density at radius 1 is 0.278 bits per heavy atom. The van der Waals surface area contributed by atoms with Crippen molar-refractivity contribution >= 4 is 39.5 Å². The molecular formula is C78H152O17P2. The molecule has 0 aliphatic carbocycles. The van der Waals surface area contributed by atoms with Gasteiger partial charge in [-0.1, -0.05) is 350 Å². The Morgan fingerprint density at radius 3 is 0.701 bits per heavy atom. The van der Waals surface area contributed by atoms with Crippen LogP contribution in [0.25, 0.3) is 0 Å². The van der Waals surface area contributed by atoms with Crippen molar-refractivity contribution < 1.29 is 80.2 Å². The molecule has 0 spiro atoms. The second-order valence-electron chi connectivity index (χ2n) is 29.5. The number of carbonyl (C=O) groups excluding carboxylic acids is 4. The minimum Gasteiger partial charge on any atom is -0.462 e. The first-order valence-electron chi connectivity index (χ1n) is 40.3. The molecule has 2 unspecified atom stereocenters. The van der Waals surface area contributed by atoms with Crippen LogP contribution in [0.1, 0.15) is 402 Å². The van der Waals surface area contributed by atoms with Gasteiger partial charge in [0.15, 0.2) is 12.2 Å². The highest BCUT2D eigenvalue weighted by Gasteiger charge is 2.30. The number of esters is 4. The summed E-state index contributed by atoms with van der Waals surface area (Å²) in [4.78, 5) is 72.8. The molecule has 0 aromatic carbocycles. The first-order chi connectivity index (χ1) is 46.7.